The van der Waals surface area contributed by atoms with Crippen molar-refractivity contribution in [2.24, 2.45) is 0 Å². The standard InChI is InChI=1S/C46H54N6O9S2/c1-33-11-15-37(16-12-33)62(55,56)49-43(29-35-31-47-41-9-5-3-7-39(35)41)45(53)51-19-23-59-24-20-52(22-26-61-28-27-60-25-21-51)46(54)44(30-36-32-48-42-10-6-4-8-40(36)42)50-63(57,58)38-17-13-34(2)14-18-38/h3-18,31-32,43-44,47-50H,19-30H2,1-2H3/t43-,44+. The Morgan fingerprint density at radius 1 is 0.540 bits per heavy atom. The molecule has 0 aliphatic carbocycles. The Balaban J connectivity index is 1.08. The maximum absolute atomic E-state index is 14.5. The predicted molar refractivity (Wildman–Crippen MR) is 240 cm³/mol. The Hall–Kier alpha value is -5.40. The molecule has 0 unspecified atom stereocenters. The number of carbonyl (C=O) groups is 2. The maximum atomic E-state index is 14.5. The normalized spacial score (nSPS) is 16.3. The number of nitrogens with zero attached hydrogens (tertiary/aromatic N) is 2. The lowest BCUT2D eigenvalue weighted by Gasteiger charge is -2.29. The van der Waals surface area contributed by atoms with Gasteiger partial charge in [-0.3, -0.25) is 9.59 Å². The fourth-order valence-corrected chi connectivity index (χ4v) is 9.95. The van der Waals surface area contributed by atoms with Crippen LogP contribution in [0.25, 0.3) is 21.8 Å². The highest BCUT2D eigenvalue weighted by molar-refractivity contribution is 7.89. The van der Waals surface area contributed by atoms with Crippen LogP contribution < -0.4 is 9.44 Å². The second-order valence-corrected chi connectivity index (χ2v) is 19.0. The number of rotatable bonds is 12. The summed E-state index contributed by atoms with van der Waals surface area (Å²) < 4.78 is 78.2. The molecule has 17 heteroatoms. The summed E-state index contributed by atoms with van der Waals surface area (Å²) >= 11 is 0. The summed E-state index contributed by atoms with van der Waals surface area (Å²) in [7, 11) is -8.23. The van der Waals surface area contributed by atoms with E-state index in [0.29, 0.717) is 0 Å². The molecule has 1 aliphatic rings. The number of hydrogen-bond donors (Lipinski definition) is 4. The van der Waals surface area contributed by atoms with Crippen molar-refractivity contribution in [2.45, 2.75) is 48.6 Å². The molecule has 0 radical (unpaired) electrons. The van der Waals surface area contributed by atoms with Crippen molar-refractivity contribution < 1.29 is 40.6 Å². The van der Waals surface area contributed by atoms with Crippen molar-refractivity contribution >= 4 is 53.7 Å². The molecule has 1 fully saturated rings. The largest absolute Gasteiger partial charge is 0.378 e. The molecule has 0 bridgehead atoms. The monoisotopic (exact) mass is 898 g/mol. The number of para-hydroxylation sites is 2. The van der Waals surface area contributed by atoms with Gasteiger partial charge in [0.15, 0.2) is 0 Å². The molecule has 4 N–H and O–H groups in total. The van der Waals surface area contributed by atoms with E-state index in [-0.39, 0.29) is 88.5 Å². The van der Waals surface area contributed by atoms with Crippen molar-refractivity contribution in [3.8, 4) is 0 Å². The van der Waals surface area contributed by atoms with Gasteiger partial charge in [0.1, 0.15) is 12.1 Å². The van der Waals surface area contributed by atoms with E-state index in [1.165, 1.54) is 34.1 Å². The molecule has 63 heavy (non-hydrogen) atoms. The highest BCUT2D eigenvalue weighted by Crippen LogP contribution is 2.23. The SMILES string of the molecule is Cc1ccc(S(=O)(=O)N[C@@H](Cc2c[nH]c3ccccc23)C(=O)N2CCOCCOCCN(C(=O)[C@@H](Cc3c[nH]c4ccccc34)NS(=O)(=O)c3ccc(C)cc3)CCOCC2)cc1. The molecule has 2 atom stereocenters. The van der Waals surface area contributed by atoms with E-state index in [9.17, 15) is 26.4 Å². The molecule has 3 heterocycles. The van der Waals surface area contributed by atoms with Crippen LogP contribution in [-0.2, 0) is 56.7 Å². The molecule has 1 aliphatic heterocycles. The number of fused-ring (bicyclic) bond motifs is 2. The Labute approximate surface area is 368 Å². The van der Waals surface area contributed by atoms with Crippen molar-refractivity contribution in [1.82, 2.24) is 29.2 Å². The number of aromatic amines is 2. The molecule has 0 spiro atoms. The fourth-order valence-electron chi connectivity index (χ4n) is 7.57. The van der Waals surface area contributed by atoms with Gasteiger partial charge in [-0.05, 0) is 74.2 Å². The second-order valence-electron chi connectivity index (χ2n) is 15.6. The van der Waals surface area contributed by atoms with Gasteiger partial charge < -0.3 is 34.0 Å². The number of aryl methyl sites for hydroxylation is 2. The number of amides is 2. The van der Waals surface area contributed by atoms with Gasteiger partial charge in [-0.25, -0.2) is 16.8 Å². The number of hydrogen-bond acceptors (Lipinski definition) is 9. The van der Waals surface area contributed by atoms with Crippen LogP contribution >= 0.6 is 0 Å². The quantitative estimate of drug-likeness (QED) is 0.137. The average Bonchev–Trinajstić information content (AvgIpc) is 3.88. The van der Waals surface area contributed by atoms with Crippen LogP contribution in [0, 0.1) is 13.8 Å². The van der Waals surface area contributed by atoms with E-state index < -0.39 is 43.9 Å². The van der Waals surface area contributed by atoms with Crippen LogP contribution in [0.1, 0.15) is 22.3 Å². The minimum absolute atomic E-state index is 0.0410. The second kappa shape index (κ2) is 20.9. The molecule has 1 saturated heterocycles. The lowest BCUT2D eigenvalue weighted by Crippen LogP contribution is -2.51. The highest BCUT2D eigenvalue weighted by atomic mass is 32.2. The maximum Gasteiger partial charge on any atom is 0.241 e. The minimum atomic E-state index is -4.12. The van der Waals surface area contributed by atoms with Gasteiger partial charge >= 0.3 is 0 Å². The number of H-pyrrole nitrogens is 2. The molecule has 15 nitrogen and oxygen atoms in total. The zero-order valence-corrected chi connectivity index (χ0v) is 37.1. The highest BCUT2D eigenvalue weighted by Gasteiger charge is 2.32. The summed E-state index contributed by atoms with van der Waals surface area (Å²) in [5, 5.41) is 1.75. The summed E-state index contributed by atoms with van der Waals surface area (Å²) in [5.74, 6) is -0.914. The third-order valence-electron chi connectivity index (χ3n) is 11.1. The third-order valence-corrected chi connectivity index (χ3v) is 14.0. The number of aromatic nitrogens is 2. The van der Waals surface area contributed by atoms with Crippen LogP contribution in [-0.4, -0.2) is 126 Å². The van der Waals surface area contributed by atoms with Gasteiger partial charge in [-0.2, -0.15) is 9.44 Å². The van der Waals surface area contributed by atoms with Gasteiger partial charge in [0.25, 0.3) is 0 Å². The van der Waals surface area contributed by atoms with Gasteiger partial charge in [-0.15, -0.1) is 0 Å². The van der Waals surface area contributed by atoms with Gasteiger partial charge in [0.2, 0.25) is 31.9 Å². The van der Waals surface area contributed by atoms with Crippen molar-refractivity contribution in [3.05, 3.63) is 132 Å². The Bertz CT molecular complexity index is 2520. The summed E-state index contributed by atoms with van der Waals surface area (Å²) in [4.78, 5) is 38.6. The molecule has 0 saturated carbocycles. The van der Waals surface area contributed by atoms with E-state index in [1.807, 2.05) is 62.4 Å². The summed E-state index contributed by atoms with van der Waals surface area (Å²) in [6.45, 7) is 5.06. The summed E-state index contributed by atoms with van der Waals surface area (Å²) in [6, 6.07) is 25.7. The summed E-state index contributed by atoms with van der Waals surface area (Å²) in [6.07, 6.45) is 3.72. The number of ether oxygens (including phenoxy) is 3. The third kappa shape index (κ3) is 11.8. The minimum Gasteiger partial charge on any atom is -0.378 e. The first-order valence-corrected chi connectivity index (χ1v) is 23.9. The Morgan fingerprint density at radius 3 is 1.27 bits per heavy atom. The lowest BCUT2D eigenvalue weighted by molar-refractivity contribution is -0.134. The van der Waals surface area contributed by atoms with Crippen LogP contribution in [0.4, 0.5) is 0 Å². The molecule has 2 amide bonds. The summed E-state index contributed by atoms with van der Waals surface area (Å²) in [5.41, 5.74) is 5.05. The fraction of sp³-hybridized carbons (Fsp3) is 0.348. The average molecular weight is 899 g/mol. The number of sulfonamides is 2. The first kappa shape index (κ1) is 45.6. The van der Waals surface area contributed by atoms with E-state index in [2.05, 4.69) is 19.4 Å². The molecular formula is C46H54N6O9S2. The van der Waals surface area contributed by atoms with E-state index >= 15 is 0 Å². The first-order chi connectivity index (χ1) is 30.4. The van der Waals surface area contributed by atoms with Gasteiger partial charge in [0, 0.05) is 60.4 Å². The number of benzene rings is 4. The van der Waals surface area contributed by atoms with Gasteiger partial charge in [0.05, 0.1) is 49.4 Å². The number of nitrogens with one attached hydrogen (secondary N) is 4. The Kier molecular flexibility index (Phi) is 15.1. The van der Waals surface area contributed by atoms with Crippen molar-refractivity contribution in [3.63, 3.8) is 0 Å². The predicted octanol–water partition coefficient (Wildman–Crippen LogP) is 4.47. The van der Waals surface area contributed by atoms with Crippen LogP contribution in [0.2, 0.25) is 0 Å². The molecular weight excluding hydrogens is 845 g/mol. The van der Waals surface area contributed by atoms with E-state index in [4.69, 9.17) is 14.2 Å². The van der Waals surface area contributed by atoms with Crippen LogP contribution in [0.15, 0.2) is 119 Å². The zero-order chi connectivity index (χ0) is 44.4. The lowest BCUT2D eigenvalue weighted by atomic mass is 10.0. The van der Waals surface area contributed by atoms with Crippen LogP contribution in [0.5, 0.6) is 0 Å². The molecule has 2 aromatic heterocycles. The molecule has 334 valence electrons. The number of carbonyl (C=O) groups excluding carboxylic acids is 2. The first-order valence-electron chi connectivity index (χ1n) is 21.0. The Morgan fingerprint density at radius 2 is 0.889 bits per heavy atom. The zero-order valence-electron chi connectivity index (χ0n) is 35.4. The van der Waals surface area contributed by atoms with Crippen molar-refractivity contribution in [1.29, 1.82) is 0 Å². The van der Waals surface area contributed by atoms with E-state index in [0.717, 1.165) is 44.1 Å². The topological polar surface area (TPSA) is 192 Å². The smallest absolute Gasteiger partial charge is 0.241 e. The van der Waals surface area contributed by atoms with Crippen molar-refractivity contribution in [2.75, 3.05) is 65.8 Å². The van der Waals surface area contributed by atoms with E-state index in [1.54, 1.807) is 36.7 Å². The molecule has 4 aromatic carbocycles. The molecule has 7 rings (SSSR count). The molecule has 6 aromatic rings. The van der Waals surface area contributed by atoms with Crippen LogP contribution in [0.3, 0.4) is 0 Å². The van der Waals surface area contributed by atoms with Gasteiger partial charge in [-0.1, -0.05) is 71.8 Å².